The largest absolute Gasteiger partial charge is 0.352 e. The molecule has 1 aliphatic rings. The van der Waals surface area contributed by atoms with Crippen LogP contribution >= 0.6 is 0 Å². The predicted molar refractivity (Wildman–Crippen MR) is 150 cm³/mol. The van der Waals surface area contributed by atoms with E-state index in [0.29, 0.717) is 0 Å². The lowest BCUT2D eigenvalue weighted by molar-refractivity contribution is -0.140. The van der Waals surface area contributed by atoms with Crippen LogP contribution in [0.15, 0.2) is 78.9 Å². The van der Waals surface area contributed by atoms with E-state index in [1.807, 2.05) is 60.7 Å². The molecule has 0 aromatic heterocycles. The molecule has 212 valence electrons. The van der Waals surface area contributed by atoms with Crippen molar-refractivity contribution in [2.75, 3.05) is 17.1 Å². The monoisotopic (exact) mass is 569 g/mol. The molecule has 0 aliphatic heterocycles. The number of carbonyl (C=O) groups is 2. The van der Waals surface area contributed by atoms with Crippen molar-refractivity contribution in [3.05, 3.63) is 102 Å². The first kappa shape index (κ1) is 29.2. The van der Waals surface area contributed by atoms with Gasteiger partial charge in [0.05, 0.1) is 11.9 Å². The molecule has 0 unspecified atom stereocenters. The Hall–Kier alpha value is -3.79. The molecule has 2 amide bonds. The summed E-state index contributed by atoms with van der Waals surface area (Å²) < 4.78 is 53.8. The highest BCUT2D eigenvalue weighted by molar-refractivity contribution is 7.92. The number of sulfonamides is 1. The number of benzene rings is 3. The van der Waals surface area contributed by atoms with Crippen LogP contribution in [0.4, 0.5) is 14.5 Å². The quantitative estimate of drug-likeness (QED) is 0.370. The summed E-state index contributed by atoms with van der Waals surface area (Å²) in [6, 6.07) is 20.1. The van der Waals surface area contributed by atoms with Crippen molar-refractivity contribution in [3.8, 4) is 0 Å². The Morgan fingerprint density at radius 2 is 1.50 bits per heavy atom. The zero-order chi connectivity index (χ0) is 28.7. The van der Waals surface area contributed by atoms with Crippen molar-refractivity contribution in [3.63, 3.8) is 0 Å². The van der Waals surface area contributed by atoms with Gasteiger partial charge in [0.2, 0.25) is 21.8 Å². The van der Waals surface area contributed by atoms with Gasteiger partial charge in [-0.05, 0) is 36.1 Å². The highest BCUT2D eigenvalue weighted by Crippen LogP contribution is 2.23. The van der Waals surface area contributed by atoms with E-state index < -0.39 is 40.2 Å². The molecular formula is C30H33F2N3O4S. The number of amides is 2. The minimum atomic E-state index is -4.08. The molecule has 7 nitrogen and oxygen atoms in total. The Morgan fingerprint density at radius 1 is 0.900 bits per heavy atom. The van der Waals surface area contributed by atoms with Crippen molar-refractivity contribution >= 4 is 27.5 Å². The Bertz CT molecular complexity index is 1420. The van der Waals surface area contributed by atoms with Crippen molar-refractivity contribution in [2.45, 2.75) is 50.7 Å². The van der Waals surface area contributed by atoms with E-state index in [1.165, 1.54) is 4.90 Å². The minimum absolute atomic E-state index is 0.00848. The van der Waals surface area contributed by atoms with Crippen molar-refractivity contribution in [1.29, 1.82) is 0 Å². The molecule has 3 aromatic carbocycles. The van der Waals surface area contributed by atoms with Crippen LogP contribution in [0.2, 0.25) is 0 Å². The van der Waals surface area contributed by atoms with E-state index in [-0.39, 0.29) is 30.6 Å². The highest BCUT2D eigenvalue weighted by atomic mass is 32.2. The van der Waals surface area contributed by atoms with E-state index in [1.54, 1.807) is 0 Å². The summed E-state index contributed by atoms with van der Waals surface area (Å²) in [6.45, 7) is -0.649. The number of hydrogen-bond acceptors (Lipinski definition) is 4. The van der Waals surface area contributed by atoms with E-state index in [2.05, 4.69) is 5.32 Å². The number of halogens is 2. The van der Waals surface area contributed by atoms with Gasteiger partial charge in [-0.25, -0.2) is 17.2 Å². The van der Waals surface area contributed by atoms with Gasteiger partial charge in [-0.2, -0.15) is 0 Å². The predicted octanol–water partition coefficient (Wildman–Crippen LogP) is 4.43. The van der Waals surface area contributed by atoms with Gasteiger partial charge < -0.3 is 10.2 Å². The van der Waals surface area contributed by atoms with Crippen LogP contribution in [0.1, 0.15) is 36.8 Å². The average molecular weight is 570 g/mol. The summed E-state index contributed by atoms with van der Waals surface area (Å²) in [7, 11) is -4.08. The minimum Gasteiger partial charge on any atom is -0.352 e. The first-order valence-electron chi connectivity index (χ1n) is 13.2. The average Bonchev–Trinajstić information content (AvgIpc) is 3.44. The lowest BCUT2D eigenvalue weighted by Crippen LogP contribution is -2.54. The number of nitrogens with zero attached hydrogens (tertiary/aromatic N) is 2. The first-order chi connectivity index (χ1) is 19.1. The Morgan fingerprint density at radius 3 is 2.08 bits per heavy atom. The molecule has 1 fully saturated rings. The van der Waals surface area contributed by atoms with E-state index in [4.69, 9.17) is 0 Å². The molecule has 3 aromatic rings. The molecule has 1 saturated carbocycles. The van der Waals surface area contributed by atoms with Crippen LogP contribution in [0.3, 0.4) is 0 Å². The number of nitrogens with one attached hydrogen (secondary N) is 1. The second-order valence-corrected chi connectivity index (χ2v) is 12.0. The van der Waals surface area contributed by atoms with Crippen LogP contribution < -0.4 is 9.62 Å². The summed E-state index contributed by atoms with van der Waals surface area (Å²) >= 11 is 0. The van der Waals surface area contributed by atoms with Gasteiger partial charge in [0, 0.05) is 25.1 Å². The number of rotatable bonds is 11. The van der Waals surface area contributed by atoms with Crippen LogP contribution in [0, 0.1) is 11.6 Å². The molecule has 0 heterocycles. The molecular weight excluding hydrogens is 536 g/mol. The Labute approximate surface area is 233 Å². The summed E-state index contributed by atoms with van der Waals surface area (Å²) in [5.74, 6) is -3.35. The summed E-state index contributed by atoms with van der Waals surface area (Å²) in [6.07, 6.45) is 4.83. The maximum atomic E-state index is 14.0. The number of hydrogen-bond donors (Lipinski definition) is 1. The summed E-state index contributed by atoms with van der Waals surface area (Å²) in [5, 5.41) is 3.09. The molecule has 10 heteroatoms. The third-order valence-corrected chi connectivity index (χ3v) is 8.18. The van der Waals surface area contributed by atoms with Crippen molar-refractivity contribution in [1.82, 2.24) is 10.2 Å². The van der Waals surface area contributed by atoms with Crippen molar-refractivity contribution in [2.24, 2.45) is 0 Å². The molecule has 0 bridgehead atoms. The lowest BCUT2D eigenvalue weighted by atomic mass is 10.0. The zero-order valence-electron chi connectivity index (χ0n) is 22.3. The standard InChI is InChI=1S/C30H33F2N3O4S/c1-40(38,39)35(25-16-17-26(31)27(32)19-25)21-29(36)34(20-23-12-6-3-7-13-23)28(18-22-10-4-2-5-11-22)30(37)33-24-14-8-9-15-24/h2-7,10-13,16-17,19,24,28H,8-9,14-15,18,20-21H2,1H3,(H,33,37)/t28-/m1/s1. The SMILES string of the molecule is CS(=O)(=O)N(CC(=O)N(Cc1ccccc1)[C@H](Cc1ccccc1)C(=O)NC1CCCC1)c1ccc(F)c(F)c1. The summed E-state index contributed by atoms with van der Waals surface area (Å²) in [4.78, 5) is 29.1. The van der Waals surface area contributed by atoms with Gasteiger partial charge in [0.1, 0.15) is 12.6 Å². The molecule has 0 radical (unpaired) electrons. The molecule has 0 spiro atoms. The Kier molecular flexibility index (Phi) is 9.52. The first-order valence-corrected chi connectivity index (χ1v) is 15.1. The van der Waals surface area contributed by atoms with Crippen LogP contribution in [-0.4, -0.2) is 50.0 Å². The molecule has 0 saturated heterocycles. The maximum Gasteiger partial charge on any atom is 0.244 e. The second-order valence-electron chi connectivity index (χ2n) is 10.1. The molecule has 1 atom stereocenters. The molecule has 4 rings (SSSR count). The van der Waals surface area contributed by atoms with Gasteiger partial charge in [-0.1, -0.05) is 73.5 Å². The fourth-order valence-corrected chi connectivity index (χ4v) is 5.80. The Balaban J connectivity index is 1.71. The third-order valence-electron chi connectivity index (χ3n) is 7.04. The van der Waals surface area contributed by atoms with Crippen LogP contribution in [-0.2, 0) is 32.6 Å². The lowest BCUT2D eigenvalue weighted by Gasteiger charge is -2.34. The van der Waals surface area contributed by atoms with Gasteiger partial charge in [0.15, 0.2) is 11.6 Å². The van der Waals surface area contributed by atoms with E-state index in [0.717, 1.165) is 65.6 Å². The van der Waals surface area contributed by atoms with E-state index in [9.17, 15) is 26.8 Å². The smallest absolute Gasteiger partial charge is 0.244 e. The summed E-state index contributed by atoms with van der Waals surface area (Å²) in [5.41, 5.74) is 1.39. The molecule has 1 N–H and O–H groups in total. The topological polar surface area (TPSA) is 86.8 Å². The molecule has 1 aliphatic carbocycles. The van der Waals surface area contributed by atoms with Crippen LogP contribution in [0.25, 0.3) is 0 Å². The van der Waals surface area contributed by atoms with Crippen molar-refractivity contribution < 1.29 is 26.8 Å². The number of anilines is 1. The zero-order valence-corrected chi connectivity index (χ0v) is 23.1. The third kappa shape index (κ3) is 7.65. The van der Waals surface area contributed by atoms with Gasteiger partial charge >= 0.3 is 0 Å². The van der Waals surface area contributed by atoms with Gasteiger partial charge in [-0.3, -0.25) is 13.9 Å². The second kappa shape index (κ2) is 13.0. The van der Waals surface area contributed by atoms with E-state index >= 15 is 0 Å². The fourth-order valence-electron chi connectivity index (χ4n) is 4.96. The van der Waals surface area contributed by atoms with Gasteiger partial charge in [-0.15, -0.1) is 0 Å². The fraction of sp³-hybridized carbons (Fsp3) is 0.333. The van der Waals surface area contributed by atoms with Crippen LogP contribution in [0.5, 0.6) is 0 Å². The van der Waals surface area contributed by atoms with Gasteiger partial charge in [0.25, 0.3) is 0 Å². The normalized spacial score (nSPS) is 14.5. The maximum absolute atomic E-state index is 14.0. The number of carbonyl (C=O) groups excluding carboxylic acids is 2. The highest BCUT2D eigenvalue weighted by Gasteiger charge is 2.34. The molecule has 40 heavy (non-hydrogen) atoms.